The first kappa shape index (κ1) is 14.7. The predicted octanol–water partition coefficient (Wildman–Crippen LogP) is 4.46. The molecule has 0 aromatic heterocycles. The third-order valence-corrected chi connectivity index (χ3v) is 4.74. The zero-order valence-corrected chi connectivity index (χ0v) is 11.7. The highest BCUT2D eigenvalue weighted by Crippen LogP contribution is 2.42. The van der Waals surface area contributed by atoms with Crippen molar-refractivity contribution in [2.45, 2.75) is 48.5 Å². The summed E-state index contributed by atoms with van der Waals surface area (Å²) in [6.07, 6.45) is 0.0544. The van der Waals surface area contributed by atoms with Gasteiger partial charge >= 0.3 is 6.18 Å². The van der Waals surface area contributed by atoms with Crippen LogP contribution >= 0.6 is 11.8 Å². The Labute approximate surface area is 116 Å². The second kappa shape index (κ2) is 6.18. The molecule has 5 heteroatoms. The van der Waals surface area contributed by atoms with Gasteiger partial charge in [0.2, 0.25) is 0 Å². The molecule has 1 aromatic rings. The van der Waals surface area contributed by atoms with Gasteiger partial charge in [0.05, 0.1) is 5.56 Å². The van der Waals surface area contributed by atoms with Crippen LogP contribution in [0.1, 0.15) is 36.8 Å². The fraction of sp³-hybridized carbons (Fsp3) is 0.571. The summed E-state index contributed by atoms with van der Waals surface area (Å²) in [5, 5.41) is 3.22. The number of hydrogen-bond donors (Lipinski definition) is 1. The van der Waals surface area contributed by atoms with Crippen molar-refractivity contribution in [2.24, 2.45) is 0 Å². The third kappa shape index (κ3) is 3.89. The van der Waals surface area contributed by atoms with Crippen LogP contribution in [0.4, 0.5) is 13.2 Å². The second-order valence-electron chi connectivity index (χ2n) is 4.88. The van der Waals surface area contributed by atoms with Crippen molar-refractivity contribution >= 4 is 11.8 Å². The molecular formula is C14H18F3NS. The normalized spacial score (nSPS) is 17.1. The zero-order valence-electron chi connectivity index (χ0n) is 10.9. The molecule has 19 heavy (non-hydrogen) atoms. The van der Waals surface area contributed by atoms with Crippen molar-refractivity contribution in [1.82, 2.24) is 5.32 Å². The summed E-state index contributed by atoms with van der Waals surface area (Å²) >= 11 is 1.39. The maximum absolute atomic E-state index is 13.1. The van der Waals surface area contributed by atoms with Gasteiger partial charge in [0.15, 0.2) is 0 Å². The third-order valence-electron chi connectivity index (χ3n) is 3.33. The van der Waals surface area contributed by atoms with Gasteiger partial charge in [-0.2, -0.15) is 13.2 Å². The Balaban J connectivity index is 2.25. The summed E-state index contributed by atoms with van der Waals surface area (Å²) in [6.45, 7) is 0.456. The van der Waals surface area contributed by atoms with Gasteiger partial charge < -0.3 is 5.32 Å². The fourth-order valence-corrected chi connectivity index (χ4v) is 3.78. The highest BCUT2D eigenvalue weighted by Gasteiger charge is 2.34. The number of hydrogen-bond acceptors (Lipinski definition) is 2. The Bertz CT molecular complexity index is 425. The van der Waals surface area contributed by atoms with Crippen LogP contribution in [-0.2, 0) is 12.7 Å². The first-order valence-electron chi connectivity index (χ1n) is 6.52. The van der Waals surface area contributed by atoms with Gasteiger partial charge in [0.25, 0.3) is 0 Å². The van der Waals surface area contributed by atoms with Crippen molar-refractivity contribution in [3.8, 4) is 0 Å². The average Bonchev–Trinajstić information content (AvgIpc) is 2.83. The predicted molar refractivity (Wildman–Crippen MR) is 72.3 cm³/mol. The molecule has 0 heterocycles. The molecule has 1 saturated carbocycles. The lowest BCUT2D eigenvalue weighted by atomic mass is 10.1. The van der Waals surface area contributed by atoms with Crippen molar-refractivity contribution in [3.05, 3.63) is 29.3 Å². The van der Waals surface area contributed by atoms with Crippen LogP contribution in [0.25, 0.3) is 0 Å². The number of halogens is 3. The van der Waals surface area contributed by atoms with Gasteiger partial charge in [-0.1, -0.05) is 18.9 Å². The van der Waals surface area contributed by atoms with Crippen LogP contribution in [0.5, 0.6) is 0 Å². The van der Waals surface area contributed by atoms with Gasteiger partial charge in [-0.15, -0.1) is 11.8 Å². The van der Waals surface area contributed by atoms with Crippen molar-refractivity contribution in [1.29, 1.82) is 0 Å². The van der Waals surface area contributed by atoms with E-state index in [9.17, 15) is 13.2 Å². The van der Waals surface area contributed by atoms with Crippen molar-refractivity contribution in [3.63, 3.8) is 0 Å². The summed E-state index contributed by atoms with van der Waals surface area (Å²) < 4.78 is 39.3. The van der Waals surface area contributed by atoms with Crippen LogP contribution in [-0.4, -0.2) is 12.3 Å². The number of nitrogens with one attached hydrogen (secondary N) is 1. The van der Waals surface area contributed by atoms with Crippen molar-refractivity contribution < 1.29 is 13.2 Å². The number of benzene rings is 1. The van der Waals surface area contributed by atoms with E-state index in [0.717, 1.165) is 25.7 Å². The molecule has 0 bridgehead atoms. The topological polar surface area (TPSA) is 12.0 Å². The SMILES string of the molecule is CNCc1ccc(SC2CCCC2)c(C(F)(F)F)c1. The van der Waals surface area contributed by atoms with E-state index in [1.807, 2.05) is 0 Å². The first-order valence-corrected chi connectivity index (χ1v) is 7.40. The fourth-order valence-electron chi connectivity index (χ4n) is 2.40. The van der Waals surface area contributed by atoms with Crippen LogP contribution < -0.4 is 5.32 Å². The van der Waals surface area contributed by atoms with E-state index in [1.54, 1.807) is 19.2 Å². The molecule has 106 valence electrons. The Morgan fingerprint density at radius 1 is 1.26 bits per heavy atom. The minimum Gasteiger partial charge on any atom is -0.316 e. The smallest absolute Gasteiger partial charge is 0.316 e. The summed E-state index contributed by atoms with van der Waals surface area (Å²) in [4.78, 5) is 0.374. The van der Waals surface area contributed by atoms with E-state index in [2.05, 4.69) is 5.32 Å². The highest BCUT2D eigenvalue weighted by molar-refractivity contribution is 8.00. The standard InChI is InChI=1S/C14H18F3NS/c1-18-9-10-6-7-13(12(8-10)14(15,16)17)19-11-4-2-3-5-11/h6-8,11,18H,2-5,9H2,1H3. The molecule has 0 saturated heterocycles. The molecule has 1 nitrogen and oxygen atoms in total. The van der Waals surface area contributed by atoms with E-state index < -0.39 is 11.7 Å². The Hall–Kier alpha value is -0.680. The van der Waals surface area contributed by atoms with E-state index in [-0.39, 0.29) is 0 Å². The van der Waals surface area contributed by atoms with Gasteiger partial charge in [0.1, 0.15) is 0 Å². The minimum absolute atomic E-state index is 0.344. The largest absolute Gasteiger partial charge is 0.417 e. The number of rotatable bonds is 4. The summed E-state index contributed by atoms with van der Waals surface area (Å²) in [5.74, 6) is 0. The van der Waals surface area contributed by atoms with Crippen LogP contribution in [0.2, 0.25) is 0 Å². The molecule has 1 aliphatic rings. The van der Waals surface area contributed by atoms with Gasteiger partial charge in [-0.3, -0.25) is 0 Å². The lowest BCUT2D eigenvalue weighted by Crippen LogP contribution is -2.11. The molecule has 0 spiro atoms. The quantitative estimate of drug-likeness (QED) is 0.878. The van der Waals surface area contributed by atoms with E-state index >= 15 is 0 Å². The molecule has 0 amide bonds. The maximum Gasteiger partial charge on any atom is 0.417 e. The zero-order chi connectivity index (χ0) is 13.9. The summed E-state index contributed by atoms with van der Waals surface area (Å²) in [5.41, 5.74) is 0.183. The van der Waals surface area contributed by atoms with Crippen LogP contribution in [0, 0.1) is 0 Å². The molecule has 2 rings (SSSR count). The monoisotopic (exact) mass is 289 g/mol. The van der Waals surface area contributed by atoms with Gasteiger partial charge in [0, 0.05) is 16.7 Å². The lowest BCUT2D eigenvalue weighted by molar-refractivity contribution is -0.139. The molecule has 0 aliphatic heterocycles. The Morgan fingerprint density at radius 2 is 1.95 bits per heavy atom. The highest BCUT2D eigenvalue weighted by atomic mass is 32.2. The minimum atomic E-state index is -4.27. The maximum atomic E-state index is 13.1. The first-order chi connectivity index (χ1) is 9.00. The molecule has 1 aliphatic carbocycles. The van der Waals surface area contributed by atoms with Crippen molar-refractivity contribution in [2.75, 3.05) is 7.05 Å². The molecule has 0 atom stereocenters. The van der Waals surface area contributed by atoms with Gasteiger partial charge in [-0.25, -0.2) is 0 Å². The van der Waals surface area contributed by atoms with E-state index in [4.69, 9.17) is 0 Å². The summed E-state index contributed by atoms with van der Waals surface area (Å²) in [6, 6.07) is 4.68. The van der Waals surface area contributed by atoms with Crippen LogP contribution in [0.3, 0.4) is 0 Å². The molecular weight excluding hydrogens is 271 g/mol. The number of thioether (sulfide) groups is 1. The molecule has 0 unspecified atom stereocenters. The molecule has 1 N–H and O–H groups in total. The molecule has 1 aromatic carbocycles. The van der Waals surface area contributed by atoms with Crippen LogP contribution in [0.15, 0.2) is 23.1 Å². The molecule has 1 fully saturated rings. The van der Waals surface area contributed by atoms with Gasteiger partial charge in [-0.05, 0) is 37.6 Å². The second-order valence-corrected chi connectivity index (χ2v) is 6.23. The molecule has 0 radical (unpaired) electrons. The van der Waals surface area contributed by atoms with E-state index in [0.29, 0.717) is 22.3 Å². The Kier molecular flexibility index (Phi) is 4.79. The summed E-state index contributed by atoms with van der Waals surface area (Å²) in [7, 11) is 1.73. The Morgan fingerprint density at radius 3 is 2.53 bits per heavy atom. The van der Waals surface area contributed by atoms with E-state index in [1.165, 1.54) is 17.8 Å². The average molecular weight is 289 g/mol. The number of alkyl halides is 3. The lowest BCUT2D eigenvalue weighted by Gasteiger charge is -2.16.